The molecule has 0 N–H and O–H groups in total. The zero-order valence-corrected chi connectivity index (χ0v) is 15.9. The van der Waals surface area contributed by atoms with Gasteiger partial charge in [-0.2, -0.15) is 0 Å². The van der Waals surface area contributed by atoms with Gasteiger partial charge in [-0.3, -0.25) is 4.79 Å². The first kappa shape index (κ1) is 17.2. The van der Waals surface area contributed by atoms with Crippen LogP contribution in [0.2, 0.25) is 0 Å². The summed E-state index contributed by atoms with van der Waals surface area (Å²) in [6.45, 7) is 10.1. The van der Waals surface area contributed by atoms with Crippen LogP contribution in [-0.2, 0) is 4.79 Å². The molecule has 24 heavy (non-hydrogen) atoms. The van der Waals surface area contributed by atoms with Crippen molar-refractivity contribution in [1.82, 2.24) is 9.80 Å². The van der Waals surface area contributed by atoms with Gasteiger partial charge in [0.2, 0.25) is 6.41 Å². The highest BCUT2D eigenvalue weighted by molar-refractivity contribution is 7.80. The molecular weight excluding hydrogens is 318 g/mol. The molecule has 0 spiro atoms. The highest BCUT2D eigenvalue weighted by Gasteiger charge is 2.34. The predicted octanol–water partition coefficient (Wildman–Crippen LogP) is 2.86. The van der Waals surface area contributed by atoms with Crippen LogP contribution in [0.3, 0.4) is 0 Å². The van der Waals surface area contributed by atoms with Gasteiger partial charge in [0, 0.05) is 50.0 Å². The van der Waals surface area contributed by atoms with E-state index in [1.807, 2.05) is 4.90 Å². The van der Waals surface area contributed by atoms with Crippen LogP contribution in [0, 0.1) is 0 Å². The molecule has 0 unspecified atom stereocenters. The molecule has 1 saturated heterocycles. The third-order valence-electron chi connectivity index (χ3n) is 5.63. The molecule has 4 nitrogen and oxygen atoms in total. The van der Waals surface area contributed by atoms with Gasteiger partial charge < -0.3 is 14.7 Å². The number of nitrogens with zero attached hydrogens (tertiary/aromatic N) is 3. The van der Waals surface area contributed by atoms with E-state index in [9.17, 15) is 4.79 Å². The number of rotatable bonds is 2. The van der Waals surface area contributed by atoms with Gasteiger partial charge in [0.1, 0.15) is 4.99 Å². The van der Waals surface area contributed by atoms with Crippen LogP contribution in [0.15, 0.2) is 18.2 Å². The van der Waals surface area contributed by atoms with Crippen molar-refractivity contribution < 1.29 is 4.79 Å². The molecule has 1 aromatic rings. The van der Waals surface area contributed by atoms with E-state index in [1.54, 1.807) is 0 Å². The minimum absolute atomic E-state index is 0.180. The normalized spacial score (nSPS) is 23.0. The maximum atomic E-state index is 10.9. The van der Waals surface area contributed by atoms with Crippen molar-refractivity contribution in [3.05, 3.63) is 29.3 Å². The van der Waals surface area contributed by atoms with Crippen LogP contribution < -0.4 is 4.90 Å². The number of carbonyl (C=O) groups excluding carboxylic acids is 1. The molecule has 3 rings (SSSR count). The minimum Gasteiger partial charge on any atom is -0.369 e. The number of thiocarbonyl (C=S) groups is 1. The lowest BCUT2D eigenvalue weighted by Gasteiger charge is -2.45. The topological polar surface area (TPSA) is 26.8 Å². The fourth-order valence-electron chi connectivity index (χ4n) is 3.92. The van der Waals surface area contributed by atoms with Gasteiger partial charge >= 0.3 is 0 Å². The van der Waals surface area contributed by atoms with Gasteiger partial charge in [-0.25, -0.2) is 0 Å². The van der Waals surface area contributed by atoms with E-state index in [-0.39, 0.29) is 5.54 Å². The largest absolute Gasteiger partial charge is 0.369 e. The first-order valence-corrected chi connectivity index (χ1v) is 9.11. The molecular formula is C19H27N3OS. The van der Waals surface area contributed by atoms with Crippen molar-refractivity contribution in [2.45, 2.75) is 38.6 Å². The first-order valence-electron chi connectivity index (χ1n) is 8.70. The van der Waals surface area contributed by atoms with E-state index in [4.69, 9.17) is 12.2 Å². The van der Waals surface area contributed by atoms with E-state index >= 15 is 0 Å². The number of anilines is 1. The first-order chi connectivity index (χ1) is 11.3. The molecule has 0 bridgehead atoms. The second-order valence-corrected chi connectivity index (χ2v) is 8.07. The Labute approximate surface area is 150 Å². The number of hydrogen-bond donors (Lipinski definition) is 0. The van der Waals surface area contributed by atoms with Crippen molar-refractivity contribution in [2.24, 2.45) is 0 Å². The molecule has 0 aliphatic carbocycles. The third kappa shape index (κ3) is 3.02. The van der Waals surface area contributed by atoms with Crippen molar-refractivity contribution in [3.63, 3.8) is 0 Å². The Bertz CT molecular complexity index is 650. The van der Waals surface area contributed by atoms with E-state index in [0.29, 0.717) is 5.92 Å². The summed E-state index contributed by atoms with van der Waals surface area (Å²) in [5, 5.41) is 0. The zero-order valence-electron chi connectivity index (χ0n) is 15.1. The summed E-state index contributed by atoms with van der Waals surface area (Å²) in [4.78, 5) is 18.2. The third-order valence-corrected chi connectivity index (χ3v) is 6.12. The molecule has 130 valence electrons. The Balaban J connectivity index is 1.83. The Morgan fingerprint density at radius 1 is 1.25 bits per heavy atom. The molecule has 2 aliphatic rings. The summed E-state index contributed by atoms with van der Waals surface area (Å²) in [7, 11) is 2.18. The highest BCUT2D eigenvalue weighted by atomic mass is 32.1. The van der Waals surface area contributed by atoms with Crippen molar-refractivity contribution in [2.75, 3.05) is 38.1 Å². The highest BCUT2D eigenvalue weighted by Crippen LogP contribution is 2.42. The Morgan fingerprint density at radius 2 is 1.92 bits per heavy atom. The Morgan fingerprint density at radius 3 is 2.54 bits per heavy atom. The fraction of sp³-hybridized carbons (Fsp3) is 0.579. The number of amides is 1. The summed E-state index contributed by atoms with van der Waals surface area (Å²) in [5.74, 6) is 0.529. The van der Waals surface area contributed by atoms with Crippen LogP contribution in [0.1, 0.15) is 44.2 Å². The zero-order chi connectivity index (χ0) is 17.5. The number of carbonyl (C=O) groups is 1. The Kier molecular flexibility index (Phi) is 4.56. The van der Waals surface area contributed by atoms with Gasteiger partial charge in [0.05, 0.1) is 0 Å². The molecule has 0 radical (unpaired) electrons. The second kappa shape index (κ2) is 6.36. The molecule has 1 atom stereocenters. The van der Waals surface area contributed by atoms with E-state index < -0.39 is 0 Å². The molecule has 5 heteroatoms. The van der Waals surface area contributed by atoms with E-state index in [1.165, 1.54) is 11.3 Å². The smallest absolute Gasteiger partial charge is 0.209 e. The minimum atomic E-state index is 0.180. The van der Waals surface area contributed by atoms with Gasteiger partial charge in [-0.1, -0.05) is 19.1 Å². The average Bonchev–Trinajstić information content (AvgIpc) is 2.58. The van der Waals surface area contributed by atoms with E-state index in [2.05, 4.69) is 55.8 Å². The van der Waals surface area contributed by atoms with E-state index in [0.717, 1.165) is 49.6 Å². The van der Waals surface area contributed by atoms with Gasteiger partial charge in [0.25, 0.3) is 0 Å². The van der Waals surface area contributed by atoms with Crippen molar-refractivity contribution in [1.29, 1.82) is 0 Å². The molecule has 2 heterocycles. The second-order valence-electron chi connectivity index (χ2n) is 7.68. The molecule has 0 saturated carbocycles. The Hall–Kier alpha value is -1.62. The lowest BCUT2D eigenvalue weighted by atomic mass is 9.80. The average molecular weight is 346 g/mol. The lowest BCUT2D eigenvalue weighted by molar-refractivity contribution is -0.119. The SMILES string of the molecule is C[C@H]1CC(C)(C)N(C)c2ccc(C(=S)N3CCN(C=O)CC3)cc21. The quantitative estimate of drug-likeness (QED) is 0.608. The lowest BCUT2D eigenvalue weighted by Crippen LogP contribution is -2.48. The summed E-state index contributed by atoms with van der Waals surface area (Å²) >= 11 is 5.74. The summed E-state index contributed by atoms with van der Waals surface area (Å²) < 4.78 is 0. The van der Waals surface area contributed by atoms with Crippen LogP contribution in [0.25, 0.3) is 0 Å². The molecule has 1 aromatic carbocycles. The van der Waals surface area contributed by atoms with Crippen LogP contribution in [-0.4, -0.2) is 60.0 Å². The number of piperazine rings is 1. The van der Waals surface area contributed by atoms with Crippen LogP contribution in [0.4, 0.5) is 5.69 Å². The molecule has 2 aliphatic heterocycles. The number of fused-ring (bicyclic) bond motifs is 1. The fourth-order valence-corrected chi connectivity index (χ4v) is 4.23. The van der Waals surface area contributed by atoms with Crippen molar-refractivity contribution >= 4 is 29.3 Å². The summed E-state index contributed by atoms with van der Waals surface area (Å²) in [6.07, 6.45) is 2.07. The molecule has 1 fully saturated rings. The monoisotopic (exact) mass is 345 g/mol. The van der Waals surface area contributed by atoms with Crippen LogP contribution in [0.5, 0.6) is 0 Å². The standard InChI is InChI=1S/C19H27N3OS/c1-14-12-19(2,3)20(4)17-6-5-15(11-16(14)17)18(24)22-9-7-21(13-23)8-10-22/h5-6,11,13-14H,7-10,12H2,1-4H3/t14-/m0/s1. The van der Waals surface area contributed by atoms with Gasteiger partial charge in [-0.05, 0) is 49.9 Å². The predicted molar refractivity (Wildman–Crippen MR) is 103 cm³/mol. The van der Waals surface area contributed by atoms with Gasteiger partial charge in [0.15, 0.2) is 0 Å². The number of benzene rings is 1. The molecule has 1 amide bonds. The summed E-state index contributed by atoms with van der Waals surface area (Å²) in [6, 6.07) is 6.65. The maximum Gasteiger partial charge on any atom is 0.209 e. The van der Waals surface area contributed by atoms with Crippen LogP contribution >= 0.6 is 12.2 Å². The summed E-state index contributed by atoms with van der Waals surface area (Å²) in [5.41, 5.74) is 4.02. The number of hydrogen-bond acceptors (Lipinski definition) is 3. The van der Waals surface area contributed by atoms with Crippen molar-refractivity contribution in [3.8, 4) is 0 Å². The molecule has 0 aromatic heterocycles. The maximum absolute atomic E-state index is 10.9. The van der Waals surface area contributed by atoms with Gasteiger partial charge in [-0.15, -0.1) is 0 Å².